The summed E-state index contributed by atoms with van der Waals surface area (Å²) in [5.41, 5.74) is 0.885. The van der Waals surface area contributed by atoms with Crippen LogP contribution in [0.15, 0.2) is 12.1 Å². The summed E-state index contributed by atoms with van der Waals surface area (Å²) in [7, 11) is 2.01. The van der Waals surface area contributed by atoms with Crippen LogP contribution in [0.1, 0.15) is 26.5 Å². The minimum Gasteiger partial charge on any atom is -0.380 e. The van der Waals surface area contributed by atoms with Gasteiger partial charge in [-0.2, -0.15) is 0 Å². The van der Waals surface area contributed by atoms with Crippen molar-refractivity contribution >= 4 is 17.4 Å². The second-order valence-electron chi connectivity index (χ2n) is 4.75. The third kappa shape index (κ3) is 5.76. The van der Waals surface area contributed by atoms with Crippen LogP contribution in [0.5, 0.6) is 0 Å². The maximum atomic E-state index is 6.17. The fourth-order valence-electron chi connectivity index (χ4n) is 1.57. The topological polar surface area (TPSA) is 37.4 Å². The summed E-state index contributed by atoms with van der Waals surface area (Å²) in [6.45, 7) is 9.15. The zero-order valence-electron chi connectivity index (χ0n) is 12.2. The molecule has 0 aliphatic carbocycles. The molecule has 19 heavy (non-hydrogen) atoms. The summed E-state index contributed by atoms with van der Waals surface area (Å²) in [5.74, 6) is 0.921. The average Bonchev–Trinajstić information content (AvgIpc) is 2.37. The molecular formula is C14H24ClN3O. The Kier molecular flexibility index (Phi) is 7.13. The van der Waals surface area contributed by atoms with Gasteiger partial charge in [0.2, 0.25) is 0 Å². The molecule has 0 atom stereocenters. The van der Waals surface area contributed by atoms with Crippen molar-refractivity contribution in [1.82, 2.24) is 10.3 Å². The van der Waals surface area contributed by atoms with Crippen LogP contribution >= 0.6 is 11.6 Å². The molecule has 0 spiro atoms. The van der Waals surface area contributed by atoms with Crippen LogP contribution in [0.25, 0.3) is 0 Å². The summed E-state index contributed by atoms with van der Waals surface area (Å²) in [5, 5.41) is 4.03. The Hall–Kier alpha value is -0.840. The Morgan fingerprint density at radius 1 is 1.42 bits per heavy atom. The van der Waals surface area contributed by atoms with E-state index in [0.29, 0.717) is 24.2 Å². The van der Waals surface area contributed by atoms with Gasteiger partial charge in [-0.15, -0.1) is 0 Å². The number of hydrogen-bond donors (Lipinski definition) is 1. The van der Waals surface area contributed by atoms with Crippen molar-refractivity contribution in [3.63, 3.8) is 0 Å². The number of halogens is 1. The third-order valence-electron chi connectivity index (χ3n) is 2.75. The largest absolute Gasteiger partial charge is 0.380 e. The molecule has 0 saturated heterocycles. The van der Waals surface area contributed by atoms with Crippen LogP contribution in [0.4, 0.5) is 5.82 Å². The zero-order chi connectivity index (χ0) is 14.3. The van der Waals surface area contributed by atoms with E-state index in [1.165, 1.54) is 0 Å². The zero-order valence-corrected chi connectivity index (χ0v) is 13.0. The SMILES string of the molecule is CCOCCN(C)c1ccc(Cl)c(CNC(C)C)n1. The van der Waals surface area contributed by atoms with E-state index in [9.17, 15) is 0 Å². The number of hydrogen-bond acceptors (Lipinski definition) is 4. The van der Waals surface area contributed by atoms with Gasteiger partial charge >= 0.3 is 0 Å². The first kappa shape index (κ1) is 16.2. The van der Waals surface area contributed by atoms with E-state index in [2.05, 4.69) is 29.0 Å². The van der Waals surface area contributed by atoms with Gasteiger partial charge in [-0.1, -0.05) is 25.4 Å². The minimum atomic E-state index is 0.414. The lowest BCUT2D eigenvalue weighted by atomic mass is 10.3. The third-order valence-corrected chi connectivity index (χ3v) is 3.09. The molecule has 1 heterocycles. The summed E-state index contributed by atoms with van der Waals surface area (Å²) >= 11 is 6.17. The number of rotatable bonds is 8. The second kappa shape index (κ2) is 8.35. The number of anilines is 1. The number of pyridine rings is 1. The maximum Gasteiger partial charge on any atom is 0.128 e. The highest BCUT2D eigenvalue weighted by Crippen LogP contribution is 2.18. The lowest BCUT2D eigenvalue weighted by molar-refractivity contribution is 0.154. The molecule has 0 radical (unpaired) electrons. The molecule has 0 bridgehead atoms. The van der Waals surface area contributed by atoms with Gasteiger partial charge in [-0.3, -0.25) is 0 Å². The van der Waals surface area contributed by atoms with Crippen LogP contribution in [-0.2, 0) is 11.3 Å². The Morgan fingerprint density at radius 3 is 2.79 bits per heavy atom. The van der Waals surface area contributed by atoms with Crippen molar-refractivity contribution in [2.75, 3.05) is 31.7 Å². The summed E-state index contributed by atoms with van der Waals surface area (Å²) in [6.07, 6.45) is 0. The van der Waals surface area contributed by atoms with E-state index in [0.717, 1.165) is 24.7 Å². The van der Waals surface area contributed by atoms with Gasteiger partial charge in [-0.05, 0) is 19.1 Å². The van der Waals surface area contributed by atoms with Crippen LogP contribution in [0.3, 0.4) is 0 Å². The molecule has 0 amide bonds. The molecule has 1 aromatic rings. The first-order chi connectivity index (χ1) is 9.04. The smallest absolute Gasteiger partial charge is 0.128 e. The highest BCUT2D eigenvalue weighted by atomic mass is 35.5. The first-order valence-corrected chi connectivity index (χ1v) is 7.10. The lowest BCUT2D eigenvalue weighted by Gasteiger charge is -2.19. The van der Waals surface area contributed by atoms with Crippen LogP contribution < -0.4 is 10.2 Å². The van der Waals surface area contributed by atoms with Crippen molar-refractivity contribution < 1.29 is 4.74 Å². The molecule has 0 fully saturated rings. The number of nitrogens with zero attached hydrogens (tertiary/aromatic N) is 2. The van der Waals surface area contributed by atoms with Crippen molar-refractivity contribution in [3.8, 4) is 0 Å². The van der Waals surface area contributed by atoms with Gasteiger partial charge in [0.25, 0.3) is 0 Å². The molecule has 4 nitrogen and oxygen atoms in total. The van der Waals surface area contributed by atoms with E-state index in [1.807, 2.05) is 26.1 Å². The van der Waals surface area contributed by atoms with E-state index < -0.39 is 0 Å². The molecule has 108 valence electrons. The number of ether oxygens (including phenoxy) is 1. The molecule has 0 aromatic carbocycles. The van der Waals surface area contributed by atoms with Gasteiger partial charge in [0.05, 0.1) is 17.3 Å². The van der Waals surface area contributed by atoms with Crippen LogP contribution in [-0.4, -0.2) is 37.8 Å². The van der Waals surface area contributed by atoms with Gasteiger partial charge < -0.3 is 15.0 Å². The highest BCUT2D eigenvalue weighted by molar-refractivity contribution is 6.31. The Balaban J connectivity index is 2.66. The van der Waals surface area contributed by atoms with E-state index in [4.69, 9.17) is 16.3 Å². The molecular weight excluding hydrogens is 262 g/mol. The molecule has 1 rings (SSSR count). The van der Waals surface area contributed by atoms with E-state index in [-0.39, 0.29) is 0 Å². The number of aromatic nitrogens is 1. The molecule has 0 aliphatic rings. The monoisotopic (exact) mass is 285 g/mol. The van der Waals surface area contributed by atoms with Crippen LogP contribution in [0, 0.1) is 0 Å². The van der Waals surface area contributed by atoms with Gasteiger partial charge in [-0.25, -0.2) is 4.98 Å². The predicted molar refractivity (Wildman–Crippen MR) is 81.0 cm³/mol. The summed E-state index contributed by atoms with van der Waals surface area (Å²) < 4.78 is 5.35. The predicted octanol–water partition coefficient (Wildman–Crippen LogP) is 2.71. The molecule has 1 N–H and O–H groups in total. The van der Waals surface area contributed by atoms with Gasteiger partial charge in [0.1, 0.15) is 5.82 Å². The van der Waals surface area contributed by atoms with Crippen LogP contribution in [0.2, 0.25) is 5.02 Å². The van der Waals surface area contributed by atoms with Crippen molar-refractivity contribution in [2.45, 2.75) is 33.4 Å². The van der Waals surface area contributed by atoms with Crippen molar-refractivity contribution in [3.05, 3.63) is 22.8 Å². The van der Waals surface area contributed by atoms with Gasteiger partial charge in [0.15, 0.2) is 0 Å². The molecule has 0 aliphatic heterocycles. The second-order valence-corrected chi connectivity index (χ2v) is 5.16. The lowest BCUT2D eigenvalue weighted by Crippen LogP contribution is -2.25. The summed E-state index contributed by atoms with van der Waals surface area (Å²) in [4.78, 5) is 6.67. The fraction of sp³-hybridized carbons (Fsp3) is 0.643. The number of nitrogens with one attached hydrogen (secondary N) is 1. The fourth-order valence-corrected chi connectivity index (χ4v) is 1.74. The number of likely N-dealkylation sites (N-methyl/N-ethyl adjacent to an activating group) is 1. The molecule has 0 saturated carbocycles. The minimum absolute atomic E-state index is 0.414. The van der Waals surface area contributed by atoms with E-state index in [1.54, 1.807) is 0 Å². The summed E-state index contributed by atoms with van der Waals surface area (Å²) in [6, 6.07) is 4.25. The molecule has 5 heteroatoms. The Bertz CT molecular complexity index is 385. The van der Waals surface area contributed by atoms with Crippen molar-refractivity contribution in [2.24, 2.45) is 0 Å². The Morgan fingerprint density at radius 2 is 2.16 bits per heavy atom. The normalized spacial score (nSPS) is 11.1. The maximum absolute atomic E-state index is 6.17. The molecule has 0 unspecified atom stereocenters. The average molecular weight is 286 g/mol. The highest BCUT2D eigenvalue weighted by Gasteiger charge is 2.08. The molecule has 1 aromatic heterocycles. The Labute approximate surface area is 121 Å². The first-order valence-electron chi connectivity index (χ1n) is 6.72. The van der Waals surface area contributed by atoms with Crippen molar-refractivity contribution in [1.29, 1.82) is 0 Å². The van der Waals surface area contributed by atoms with Gasteiger partial charge in [0, 0.05) is 32.8 Å². The quantitative estimate of drug-likeness (QED) is 0.745. The standard InChI is InChI=1S/C14H24ClN3O/c1-5-19-9-8-18(4)14-7-6-12(15)13(17-14)10-16-11(2)3/h6-7,11,16H,5,8-10H2,1-4H3. The van der Waals surface area contributed by atoms with E-state index >= 15 is 0 Å².